The summed E-state index contributed by atoms with van der Waals surface area (Å²) in [6.45, 7) is 12.6. The van der Waals surface area contributed by atoms with Crippen molar-refractivity contribution in [1.29, 1.82) is 0 Å². The summed E-state index contributed by atoms with van der Waals surface area (Å²) in [5, 5.41) is 0. The Morgan fingerprint density at radius 2 is 1.94 bits per heavy atom. The molecule has 0 heterocycles. The predicted octanol–water partition coefficient (Wildman–Crippen LogP) is 4.33. The van der Waals surface area contributed by atoms with Crippen LogP contribution in [0.15, 0.2) is 36.9 Å². The molecule has 0 saturated carbocycles. The van der Waals surface area contributed by atoms with Crippen molar-refractivity contribution in [3.63, 3.8) is 0 Å². The zero-order chi connectivity index (χ0) is 12.2. The second-order valence-electron chi connectivity index (χ2n) is 5.06. The first kappa shape index (κ1) is 13.2. The summed E-state index contributed by atoms with van der Waals surface area (Å²) in [5.41, 5.74) is 2.62. The number of benzene rings is 1. The standard InChI is InChI=1S/C14H22OSi/c1-6-9-13-10-7-8-11-14(13)12(2)15-16(3,4)5/h6-8,10-12H,1,9H2,2-5H3. The molecule has 0 spiro atoms. The van der Waals surface area contributed by atoms with E-state index in [2.05, 4.69) is 57.4 Å². The van der Waals surface area contributed by atoms with Gasteiger partial charge in [-0.1, -0.05) is 30.3 Å². The van der Waals surface area contributed by atoms with Gasteiger partial charge < -0.3 is 4.43 Å². The Bertz CT molecular complexity index is 352. The Morgan fingerprint density at radius 3 is 2.50 bits per heavy atom. The van der Waals surface area contributed by atoms with E-state index in [0.717, 1.165) is 6.42 Å². The van der Waals surface area contributed by atoms with E-state index < -0.39 is 8.32 Å². The third-order valence-electron chi connectivity index (χ3n) is 2.39. The minimum absolute atomic E-state index is 0.183. The molecule has 0 radical (unpaired) electrons. The van der Waals surface area contributed by atoms with Gasteiger partial charge in [-0.15, -0.1) is 6.58 Å². The van der Waals surface area contributed by atoms with Crippen LogP contribution >= 0.6 is 0 Å². The van der Waals surface area contributed by atoms with Crippen LogP contribution in [0, 0.1) is 0 Å². The van der Waals surface area contributed by atoms with E-state index in [0.29, 0.717) is 0 Å². The van der Waals surface area contributed by atoms with E-state index in [1.807, 2.05) is 6.08 Å². The monoisotopic (exact) mass is 234 g/mol. The van der Waals surface area contributed by atoms with Gasteiger partial charge >= 0.3 is 0 Å². The molecular weight excluding hydrogens is 212 g/mol. The molecule has 0 aromatic heterocycles. The van der Waals surface area contributed by atoms with Crippen LogP contribution in [-0.4, -0.2) is 8.32 Å². The second kappa shape index (κ2) is 5.46. The van der Waals surface area contributed by atoms with Crippen LogP contribution in [0.3, 0.4) is 0 Å². The maximum absolute atomic E-state index is 6.12. The first-order valence-electron chi connectivity index (χ1n) is 5.80. The Balaban J connectivity index is 2.89. The average Bonchev–Trinajstić information content (AvgIpc) is 2.16. The Morgan fingerprint density at radius 1 is 1.31 bits per heavy atom. The fourth-order valence-corrected chi connectivity index (χ4v) is 3.05. The minimum atomic E-state index is -1.47. The Kier molecular flexibility index (Phi) is 4.51. The smallest absolute Gasteiger partial charge is 0.184 e. The number of allylic oxidation sites excluding steroid dienone is 1. The van der Waals surface area contributed by atoms with Gasteiger partial charge in [-0.25, -0.2) is 0 Å². The van der Waals surface area contributed by atoms with Crippen molar-refractivity contribution in [3.05, 3.63) is 48.0 Å². The van der Waals surface area contributed by atoms with Gasteiger partial charge in [0.1, 0.15) is 0 Å². The van der Waals surface area contributed by atoms with Gasteiger partial charge in [-0.05, 0) is 44.1 Å². The summed E-state index contributed by atoms with van der Waals surface area (Å²) in [5.74, 6) is 0. The lowest BCUT2D eigenvalue weighted by Gasteiger charge is -2.25. The molecule has 1 aromatic carbocycles. The van der Waals surface area contributed by atoms with E-state index in [-0.39, 0.29) is 6.10 Å². The van der Waals surface area contributed by atoms with Crippen molar-refractivity contribution in [3.8, 4) is 0 Å². The minimum Gasteiger partial charge on any atom is -0.411 e. The van der Waals surface area contributed by atoms with Gasteiger partial charge in [0.2, 0.25) is 0 Å². The van der Waals surface area contributed by atoms with Gasteiger partial charge in [0, 0.05) is 0 Å². The van der Waals surface area contributed by atoms with Gasteiger partial charge in [-0.2, -0.15) is 0 Å². The molecule has 16 heavy (non-hydrogen) atoms. The van der Waals surface area contributed by atoms with Crippen LogP contribution in [0.2, 0.25) is 19.6 Å². The first-order chi connectivity index (χ1) is 7.44. The molecular formula is C14H22OSi. The summed E-state index contributed by atoms with van der Waals surface area (Å²) in [7, 11) is -1.47. The topological polar surface area (TPSA) is 9.23 Å². The molecule has 0 aliphatic carbocycles. The van der Waals surface area contributed by atoms with Crippen LogP contribution in [-0.2, 0) is 10.8 Å². The maximum atomic E-state index is 6.12. The lowest BCUT2D eigenvalue weighted by atomic mass is 10.0. The molecule has 0 N–H and O–H groups in total. The van der Waals surface area contributed by atoms with Crippen LogP contribution in [0.1, 0.15) is 24.2 Å². The van der Waals surface area contributed by atoms with Crippen LogP contribution in [0.25, 0.3) is 0 Å². The molecule has 1 aromatic rings. The van der Waals surface area contributed by atoms with Crippen molar-refractivity contribution in [1.82, 2.24) is 0 Å². The quantitative estimate of drug-likeness (QED) is 0.544. The van der Waals surface area contributed by atoms with Gasteiger partial charge in [0.05, 0.1) is 6.10 Å². The molecule has 2 heteroatoms. The average molecular weight is 234 g/mol. The highest BCUT2D eigenvalue weighted by atomic mass is 28.4. The fraction of sp³-hybridized carbons (Fsp3) is 0.429. The zero-order valence-electron chi connectivity index (χ0n) is 10.8. The van der Waals surface area contributed by atoms with Crippen molar-refractivity contribution >= 4 is 8.32 Å². The van der Waals surface area contributed by atoms with E-state index in [1.165, 1.54) is 11.1 Å². The van der Waals surface area contributed by atoms with E-state index in [1.54, 1.807) is 0 Å². The van der Waals surface area contributed by atoms with Crippen molar-refractivity contribution in [2.45, 2.75) is 39.1 Å². The fourth-order valence-electron chi connectivity index (χ4n) is 1.87. The third kappa shape index (κ3) is 3.95. The van der Waals surface area contributed by atoms with Crippen LogP contribution < -0.4 is 0 Å². The normalized spacial score (nSPS) is 13.5. The van der Waals surface area contributed by atoms with Gasteiger partial charge in [0.15, 0.2) is 8.32 Å². The highest BCUT2D eigenvalue weighted by Gasteiger charge is 2.20. The molecule has 0 fully saturated rings. The zero-order valence-corrected chi connectivity index (χ0v) is 11.8. The van der Waals surface area contributed by atoms with Crippen LogP contribution in [0.5, 0.6) is 0 Å². The highest BCUT2D eigenvalue weighted by molar-refractivity contribution is 6.69. The van der Waals surface area contributed by atoms with Gasteiger partial charge in [-0.3, -0.25) is 0 Å². The largest absolute Gasteiger partial charge is 0.411 e. The molecule has 1 nitrogen and oxygen atoms in total. The maximum Gasteiger partial charge on any atom is 0.184 e. The molecule has 0 amide bonds. The van der Waals surface area contributed by atoms with Crippen molar-refractivity contribution < 1.29 is 4.43 Å². The van der Waals surface area contributed by atoms with E-state index >= 15 is 0 Å². The SMILES string of the molecule is C=CCc1ccccc1C(C)O[Si](C)(C)C. The van der Waals surface area contributed by atoms with Crippen molar-refractivity contribution in [2.75, 3.05) is 0 Å². The number of hydrogen-bond donors (Lipinski definition) is 0. The van der Waals surface area contributed by atoms with Crippen LogP contribution in [0.4, 0.5) is 0 Å². The molecule has 0 bridgehead atoms. The highest BCUT2D eigenvalue weighted by Crippen LogP contribution is 2.25. The summed E-state index contributed by atoms with van der Waals surface area (Å²) >= 11 is 0. The molecule has 0 saturated heterocycles. The molecule has 88 valence electrons. The number of hydrogen-bond acceptors (Lipinski definition) is 1. The van der Waals surface area contributed by atoms with E-state index in [9.17, 15) is 0 Å². The molecule has 1 atom stereocenters. The number of rotatable bonds is 5. The summed E-state index contributed by atoms with van der Waals surface area (Å²) < 4.78 is 6.12. The lowest BCUT2D eigenvalue weighted by molar-refractivity contribution is 0.218. The lowest BCUT2D eigenvalue weighted by Crippen LogP contribution is -2.27. The molecule has 1 rings (SSSR count). The summed E-state index contributed by atoms with van der Waals surface area (Å²) in [6.07, 6.45) is 3.04. The molecule has 0 aliphatic heterocycles. The van der Waals surface area contributed by atoms with Crippen molar-refractivity contribution in [2.24, 2.45) is 0 Å². The molecule has 0 aliphatic rings. The van der Waals surface area contributed by atoms with Gasteiger partial charge in [0.25, 0.3) is 0 Å². The molecule has 1 unspecified atom stereocenters. The Labute approximate surface area is 100 Å². The summed E-state index contributed by atoms with van der Waals surface area (Å²) in [6, 6.07) is 8.46. The summed E-state index contributed by atoms with van der Waals surface area (Å²) in [4.78, 5) is 0. The Hall–Kier alpha value is -0.863. The second-order valence-corrected chi connectivity index (χ2v) is 9.52. The first-order valence-corrected chi connectivity index (χ1v) is 9.21. The third-order valence-corrected chi connectivity index (χ3v) is 3.45. The van der Waals surface area contributed by atoms with E-state index in [4.69, 9.17) is 4.43 Å². The predicted molar refractivity (Wildman–Crippen MR) is 73.2 cm³/mol.